The van der Waals surface area contributed by atoms with Crippen molar-refractivity contribution in [3.05, 3.63) is 51.3 Å². The first-order chi connectivity index (χ1) is 10.2. The van der Waals surface area contributed by atoms with Crippen LogP contribution in [0.25, 0.3) is 0 Å². The second kappa shape index (κ2) is 5.09. The summed E-state index contributed by atoms with van der Waals surface area (Å²) in [5.41, 5.74) is 4.42. The highest BCUT2D eigenvalue weighted by atomic mass is 79.9. The molecule has 2 aliphatic carbocycles. The van der Waals surface area contributed by atoms with Crippen LogP contribution in [0, 0.1) is 0 Å². The summed E-state index contributed by atoms with van der Waals surface area (Å²) in [5, 5.41) is 4.81. The molecule has 0 spiro atoms. The summed E-state index contributed by atoms with van der Waals surface area (Å²) in [6, 6.07) is 8.33. The van der Waals surface area contributed by atoms with Crippen LogP contribution < -0.4 is 0 Å². The molecule has 0 amide bonds. The summed E-state index contributed by atoms with van der Waals surface area (Å²) < 4.78 is 3.16. The van der Waals surface area contributed by atoms with Gasteiger partial charge in [0.25, 0.3) is 0 Å². The molecule has 108 valence electrons. The Kier molecular flexibility index (Phi) is 3.21. The van der Waals surface area contributed by atoms with E-state index in [0.29, 0.717) is 18.1 Å². The average Bonchev–Trinajstić information content (AvgIpc) is 3.26. The van der Waals surface area contributed by atoms with E-state index in [9.17, 15) is 4.79 Å². The number of hydrogen-bond acceptors (Lipinski definition) is 2. The smallest absolute Gasteiger partial charge is 0.166 e. The van der Waals surface area contributed by atoms with Gasteiger partial charge in [0.2, 0.25) is 0 Å². The third kappa shape index (κ3) is 2.46. The van der Waals surface area contributed by atoms with Crippen molar-refractivity contribution in [1.82, 2.24) is 9.78 Å². The highest BCUT2D eigenvalue weighted by Gasteiger charge is 2.35. The van der Waals surface area contributed by atoms with E-state index < -0.39 is 0 Å². The molecule has 1 aromatic heterocycles. The van der Waals surface area contributed by atoms with Crippen LogP contribution in [0.3, 0.4) is 0 Å². The molecule has 3 nitrogen and oxygen atoms in total. The fraction of sp³-hybridized carbons (Fsp3) is 0.412. The molecule has 4 rings (SSSR count). The molecule has 1 saturated carbocycles. The largest absolute Gasteiger partial charge is 0.294 e. The van der Waals surface area contributed by atoms with Gasteiger partial charge in [-0.1, -0.05) is 28.1 Å². The third-order valence-electron chi connectivity index (χ3n) is 4.39. The van der Waals surface area contributed by atoms with Crippen LogP contribution in [-0.4, -0.2) is 15.6 Å². The van der Waals surface area contributed by atoms with E-state index in [1.54, 1.807) is 0 Å². The lowest BCUT2D eigenvalue weighted by atomic mass is 9.93. The number of aromatic nitrogens is 2. The first-order valence-electron chi connectivity index (χ1n) is 7.59. The molecule has 1 aromatic carbocycles. The minimum atomic E-state index is 0.306. The Hall–Kier alpha value is -1.42. The van der Waals surface area contributed by atoms with Crippen molar-refractivity contribution in [2.24, 2.45) is 0 Å². The van der Waals surface area contributed by atoms with Gasteiger partial charge < -0.3 is 0 Å². The van der Waals surface area contributed by atoms with E-state index in [4.69, 9.17) is 5.10 Å². The summed E-state index contributed by atoms with van der Waals surface area (Å²) >= 11 is 3.46. The van der Waals surface area contributed by atoms with Gasteiger partial charge in [0.15, 0.2) is 5.78 Å². The molecule has 4 heteroatoms. The predicted molar refractivity (Wildman–Crippen MR) is 84.7 cm³/mol. The van der Waals surface area contributed by atoms with E-state index in [0.717, 1.165) is 40.8 Å². The van der Waals surface area contributed by atoms with Crippen LogP contribution in [0.15, 0.2) is 28.7 Å². The fourth-order valence-electron chi connectivity index (χ4n) is 3.15. The number of carbonyl (C=O) groups excluding carboxylic acids is 1. The van der Waals surface area contributed by atoms with Crippen LogP contribution in [0.1, 0.15) is 58.9 Å². The SMILES string of the molecule is O=C1CCCc2c1c(C1CC1)nn2Cc1ccc(Br)cc1. The number of Topliss-reactive ketones (excluding diaryl/α,β-unsaturated/α-hetero) is 1. The lowest BCUT2D eigenvalue weighted by molar-refractivity contribution is 0.0971. The Morgan fingerprint density at radius 2 is 1.95 bits per heavy atom. The quantitative estimate of drug-likeness (QED) is 0.840. The molecule has 21 heavy (non-hydrogen) atoms. The number of rotatable bonds is 3. The summed E-state index contributed by atoms with van der Waals surface area (Å²) in [6.07, 6.45) is 5.01. The number of nitrogens with zero attached hydrogens (tertiary/aromatic N) is 2. The van der Waals surface area contributed by atoms with Gasteiger partial charge in [-0.05, 0) is 43.4 Å². The zero-order valence-corrected chi connectivity index (χ0v) is 13.4. The molecule has 0 bridgehead atoms. The molecule has 0 radical (unpaired) electrons. The van der Waals surface area contributed by atoms with Gasteiger partial charge in [-0.3, -0.25) is 9.48 Å². The number of fused-ring (bicyclic) bond motifs is 1. The van der Waals surface area contributed by atoms with Crippen molar-refractivity contribution >= 4 is 21.7 Å². The maximum Gasteiger partial charge on any atom is 0.166 e. The number of benzene rings is 1. The molecule has 1 fully saturated rings. The predicted octanol–water partition coefficient (Wildman–Crippen LogP) is 4.09. The van der Waals surface area contributed by atoms with Crippen molar-refractivity contribution in [2.45, 2.75) is 44.6 Å². The van der Waals surface area contributed by atoms with Crippen molar-refractivity contribution in [1.29, 1.82) is 0 Å². The summed E-state index contributed by atoms with van der Waals surface area (Å²) in [7, 11) is 0. The van der Waals surface area contributed by atoms with Gasteiger partial charge in [-0.15, -0.1) is 0 Å². The molecule has 0 N–H and O–H groups in total. The molecule has 2 aromatic rings. The summed E-state index contributed by atoms with van der Waals surface area (Å²) in [6.45, 7) is 0.760. The van der Waals surface area contributed by atoms with E-state index >= 15 is 0 Å². The standard InChI is InChI=1S/C17H17BrN2O/c18-13-8-4-11(5-9-13)10-20-14-2-1-3-15(21)16(14)17(19-20)12-6-7-12/h4-5,8-9,12H,1-3,6-7,10H2. The first-order valence-corrected chi connectivity index (χ1v) is 8.39. The number of ketones is 1. The highest BCUT2D eigenvalue weighted by Crippen LogP contribution is 2.43. The minimum absolute atomic E-state index is 0.306. The Balaban J connectivity index is 1.73. The van der Waals surface area contributed by atoms with Crippen molar-refractivity contribution in [3.63, 3.8) is 0 Å². The van der Waals surface area contributed by atoms with Crippen molar-refractivity contribution < 1.29 is 4.79 Å². The Labute approximate surface area is 132 Å². The molecule has 0 saturated heterocycles. The minimum Gasteiger partial charge on any atom is -0.294 e. The third-order valence-corrected chi connectivity index (χ3v) is 4.92. The fourth-order valence-corrected chi connectivity index (χ4v) is 3.42. The molecule has 0 aliphatic heterocycles. The molecule has 2 aliphatic rings. The topological polar surface area (TPSA) is 34.9 Å². The molecular weight excluding hydrogens is 328 g/mol. The normalized spacial score (nSPS) is 17.9. The Bertz CT molecular complexity index is 698. The second-order valence-electron chi connectivity index (χ2n) is 6.04. The summed E-state index contributed by atoms with van der Waals surface area (Å²) in [4.78, 5) is 12.3. The van der Waals surface area contributed by atoms with E-state index in [1.807, 2.05) is 0 Å². The van der Waals surface area contributed by atoms with Gasteiger partial charge in [0.1, 0.15) is 0 Å². The van der Waals surface area contributed by atoms with Gasteiger partial charge in [-0.2, -0.15) is 5.10 Å². The van der Waals surface area contributed by atoms with E-state index in [2.05, 4.69) is 44.9 Å². The van der Waals surface area contributed by atoms with Gasteiger partial charge in [-0.25, -0.2) is 0 Å². The molecule has 1 heterocycles. The van der Waals surface area contributed by atoms with Crippen LogP contribution in [0.5, 0.6) is 0 Å². The van der Waals surface area contributed by atoms with Crippen LogP contribution in [-0.2, 0) is 13.0 Å². The van der Waals surface area contributed by atoms with Gasteiger partial charge >= 0.3 is 0 Å². The highest BCUT2D eigenvalue weighted by molar-refractivity contribution is 9.10. The number of hydrogen-bond donors (Lipinski definition) is 0. The van der Waals surface area contributed by atoms with Crippen LogP contribution in [0.4, 0.5) is 0 Å². The number of carbonyl (C=O) groups is 1. The number of halogens is 1. The van der Waals surface area contributed by atoms with Gasteiger partial charge in [0, 0.05) is 22.5 Å². The first kappa shape index (κ1) is 13.3. The van der Waals surface area contributed by atoms with Crippen molar-refractivity contribution in [3.8, 4) is 0 Å². The van der Waals surface area contributed by atoms with E-state index in [1.165, 1.54) is 18.4 Å². The maximum absolute atomic E-state index is 12.3. The Morgan fingerprint density at radius 3 is 2.67 bits per heavy atom. The second-order valence-corrected chi connectivity index (χ2v) is 6.96. The Morgan fingerprint density at radius 1 is 1.19 bits per heavy atom. The lowest BCUT2D eigenvalue weighted by Gasteiger charge is -2.13. The summed E-state index contributed by atoms with van der Waals surface area (Å²) in [5.74, 6) is 0.840. The molecule has 0 unspecified atom stereocenters. The zero-order chi connectivity index (χ0) is 14.4. The monoisotopic (exact) mass is 344 g/mol. The zero-order valence-electron chi connectivity index (χ0n) is 11.8. The maximum atomic E-state index is 12.3. The van der Waals surface area contributed by atoms with E-state index in [-0.39, 0.29) is 0 Å². The molecule has 0 atom stereocenters. The average molecular weight is 345 g/mol. The van der Waals surface area contributed by atoms with Crippen LogP contribution in [0.2, 0.25) is 0 Å². The van der Waals surface area contributed by atoms with Crippen molar-refractivity contribution in [2.75, 3.05) is 0 Å². The van der Waals surface area contributed by atoms with Gasteiger partial charge in [0.05, 0.1) is 17.8 Å². The molecular formula is C17H17BrN2O. The van der Waals surface area contributed by atoms with Crippen LogP contribution >= 0.6 is 15.9 Å². The lowest BCUT2D eigenvalue weighted by Crippen LogP contribution is -2.14.